The molecule has 0 saturated heterocycles. The van der Waals surface area contributed by atoms with E-state index in [1.807, 2.05) is 72.8 Å². The Hall–Kier alpha value is -5.72. The van der Waals surface area contributed by atoms with Gasteiger partial charge in [0.15, 0.2) is 11.6 Å². The maximum absolute atomic E-state index is 12.0. The lowest BCUT2D eigenvalue weighted by atomic mass is 10.0. The van der Waals surface area contributed by atoms with Crippen molar-refractivity contribution < 1.29 is 28.7 Å². The van der Waals surface area contributed by atoms with Crippen molar-refractivity contribution in [2.24, 2.45) is 0 Å². The normalized spacial score (nSPS) is 11.8. The van der Waals surface area contributed by atoms with Gasteiger partial charge in [-0.05, 0) is 130 Å². The molecule has 270 valence electrons. The van der Waals surface area contributed by atoms with Gasteiger partial charge in [0, 0.05) is 22.2 Å². The van der Waals surface area contributed by atoms with Crippen LogP contribution in [0.2, 0.25) is 0 Å². The van der Waals surface area contributed by atoms with Crippen molar-refractivity contribution in [1.29, 1.82) is 0 Å². The molecule has 0 unspecified atom stereocenters. The molecule has 0 atom stereocenters. The molecule has 8 bridgehead atoms. The standard InChI is InChI=1S/C42H32Br2N4O6/c1-23(49)19-27(51)21-53-29-7-3-25(4-8-29)39-31-11-15-35(45-31)41(43)37-17-13-33(47-37)40(26-5-9-30(10-6-26)54-22-28(52)20-24(2)50)34-14-18-38(48-34)42(44)36-16-12-32(39)46-36/h3-18,45,48H,19-22H2,1-2H3. The monoisotopic (exact) mass is 846 g/mol. The Morgan fingerprint density at radius 3 is 1.24 bits per heavy atom. The number of carbonyl (C=O) groups is 4. The van der Waals surface area contributed by atoms with Crippen LogP contribution >= 0.6 is 31.9 Å². The number of carbonyl (C=O) groups excluding carboxylic acids is 4. The van der Waals surface area contributed by atoms with Gasteiger partial charge >= 0.3 is 0 Å². The van der Waals surface area contributed by atoms with Crippen molar-refractivity contribution in [2.75, 3.05) is 13.2 Å². The number of ketones is 4. The molecule has 2 aromatic carbocycles. The molecule has 0 saturated carbocycles. The van der Waals surface area contributed by atoms with E-state index in [2.05, 4.69) is 41.8 Å². The van der Waals surface area contributed by atoms with Crippen molar-refractivity contribution in [1.82, 2.24) is 19.9 Å². The van der Waals surface area contributed by atoms with Crippen molar-refractivity contribution >= 4 is 101 Å². The number of aromatic nitrogens is 4. The van der Waals surface area contributed by atoms with Gasteiger partial charge in [0.2, 0.25) is 0 Å². The Balaban J connectivity index is 1.33. The minimum absolute atomic E-state index is 0.153. The van der Waals surface area contributed by atoms with Gasteiger partial charge in [-0.2, -0.15) is 0 Å². The van der Waals surface area contributed by atoms with Crippen LogP contribution in [0.15, 0.2) is 81.7 Å². The number of rotatable bonds is 12. The second-order valence-electron chi connectivity index (χ2n) is 12.8. The molecule has 54 heavy (non-hydrogen) atoms. The van der Waals surface area contributed by atoms with Crippen molar-refractivity contribution in [3.63, 3.8) is 0 Å². The van der Waals surface area contributed by atoms with Crippen LogP contribution in [0.25, 0.3) is 68.6 Å². The minimum Gasteiger partial charge on any atom is -0.486 e. The first-order valence-corrected chi connectivity index (χ1v) is 18.6. The summed E-state index contributed by atoms with van der Waals surface area (Å²) in [4.78, 5) is 63.9. The Morgan fingerprint density at radius 2 is 0.870 bits per heavy atom. The van der Waals surface area contributed by atoms with E-state index in [1.165, 1.54) is 13.8 Å². The lowest BCUT2D eigenvalue weighted by Gasteiger charge is -2.08. The number of aromatic amines is 2. The molecule has 0 radical (unpaired) electrons. The summed E-state index contributed by atoms with van der Waals surface area (Å²) in [7, 11) is 0. The topological polar surface area (TPSA) is 144 Å². The fourth-order valence-electron chi connectivity index (χ4n) is 6.16. The predicted molar refractivity (Wildman–Crippen MR) is 217 cm³/mol. The SMILES string of the molecule is CC(=O)CC(=O)COc1ccc(-c2c3nc(c(Br)c4ccc([nH]4)c(-c4ccc(OCC(=O)CC(C)=O)cc4)c4nc(c(Br)c5ccc2[nH]5)C=C4)C=C3)cc1. The highest BCUT2D eigenvalue weighted by Gasteiger charge is 2.17. The summed E-state index contributed by atoms with van der Waals surface area (Å²) in [5, 5.41) is 0. The summed E-state index contributed by atoms with van der Waals surface area (Å²) in [6, 6.07) is 22.8. The molecule has 2 aliphatic heterocycles. The zero-order chi connectivity index (χ0) is 37.9. The van der Waals surface area contributed by atoms with E-state index >= 15 is 0 Å². The molecule has 0 amide bonds. The maximum atomic E-state index is 12.0. The number of fused-ring (bicyclic) bond motifs is 8. The molecule has 5 heterocycles. The molecule has 0 aliphatic carbocycles. The largest absolute Gasteiger partial charge is 0.486 e. The van der Waals surface area contributed by atoms with E-state index in [9.17, 15) is 19.2 Å². The van der Waals surface area contributed by atoms with Gasteiger partial charge in [-0.15, -0.1) is 0 Å². The highest BCUT2D eigenvalue weighted by Crippen LogP contribution is 2.36. The summed E-state index contributed by atoms with van der Waals surface area (Å²) < 4.78 is 12.9. The van der Waals surface area contributed by atoms with Crippen LogP contribution < -0.4 is 9.47 Å². The van der Waals surface area contributed by atoms with Gasteiger partial charge in [-0.25, -0.2) is 9.97 Å². The van der Waals surface area contributed by atoms with Crippen molar-refractivity contribution in [3.05, 3.63) is 105 Å². The molecular weight excluding hydrogens is 816 g/mol. The molecule has 3 aromatic heterocycles. The van der Waals surface area contributed by atoms with Crippen LogP contribution in [0.5, 0.6) is 11.5 Å². The predicted octanol–water partition coefficient (Wildman–Crippen LogP) is 9.37. The first-order valence-electron chi connectivity index (χ1n) is 17.0. The number of H-pyrrole nitrogens is 2. The fourth-order valence-corrected chi connectivity index (χ4v) is 7.07. The number of hydrogen-bond acceptors (Lipinski definition) is 8. The second kappa shape index (κ2) is 15.7. The molecule has 5 aromatic rings. The summed E-state index contributed by atoms with van der Waals surface area (Å²) in [6.45, 7) is 2.41. The van der Waals surface area contributed by atoms with Crippen LogP contribution in [-0.4, -0.2) is 56.3 Å². The number of hydrogen-bond donors (Lipinski definition) is 2. The first kappa shape index (κ1) is 36.6. The van der Waals surface area contributed by atoms with E-state index in [1.54, 1.807) is 24.3 Å². The molecule has 12 heteroatoms. The molecule has 10 nitrogen and oxygen atoms in total. The number of benzene rings is 2. The van der Waals surface area contributed by atoms with E-state index in [0.29, 0.717) is 11.5 Å². The number of ether oxygens (including phenoxy) is 2. The Bertz CT molecular complexity index is 2390. The molecule has 2 aliphatic rings. The van der Waals surface area contributed by atoms with E-state index in [-0.39, 0.29) is 49.2 Å². The Morgan fingerprint density at radius 1 is 0.519 bits per heavy atom. The number of nitrogens with zero attached hydrogens (tertiary/aromatic N) is 2. The van der Waals surface area contributed by atoms with Crippen molar-refractivity contribution in [2.45, 2.75) is 26.7 Å². The van der Waals surface area contributed by atoms with Crippen molar-refractivity contribution in [3.8, 4) is 33.8 Å². The number of nitrogens with one attached hydrogen (secondary N) is 2. The van der Waals surface area contributed by atoms with E-state index in [4.69, 9.17) is 19.4 Å². The van der Waals surface area contributed by atoms with Gasteiger partial charge in [0.1, 0.15) is 36.3 Å². The average molecular weight is 849 g/mol. The second-order valence-corrected chi connectivity index (χ2v) is 14.4. The van der Waals surface area contributed by atoms with E-state index in [0.717, 1.165) is 76.0 Å². The van der Waals surface area contributed by atoms with Gasteiger partial charge in [-0.3, -0.25) is 19.2 Å². The fraction of sp³-hybridized carbons (Fsp3) is 0.143. The molecule has 2 N–H and O–H groups in total. The average Bonchev–Trinajstić information content (AvgIpc) is 3.99. The third kappa shape index (κ3) is 8.09. The Kier molecular flexibility index (Phi) is 10.7. The molecule has 0 fully saturated rings. The quantitative estimate of drug-likeness (QED) is 0.116. The third-order valence-corrected chi connectivity index (χ3v) is 10.3. The van der Waals surface area contributed by atoms with Crippen LogP contribution in [0.4, 0.5) is 0 Å². The van der Waals surface area contributed by atoms with Crippen LogP contribution in [0.1, 0.15) is 49.5 Å². The van der Waals surface area contributed by atoms with Crippen LogP contribution in [0.3, 0.4) is 0 Å². The van der Waals surface area contributed by atoms with Gasteiger partial charge < -0.3 is 19.4 Å². The number of Topliss-reactive ketones (excluding diaryl/α,β-unsaturated/α-hetero) is 4. The summed E-state index contributed by atoms with van der Waals surface area (Å²) in [6.07, 6.45) is 7.54. The summed E-state index contributed by atoms with van der Waals surface area (Å²) in [5.74, 6) is 0.0813. The van der Waals surface area contributed by atoms with Crippen LogP contribution in [0, 0.1) is 0 Å². The maximum Gasteiger partial charge on any atom is 0.177 e. The molecular formula is C42H32Br2N4O6. The third-order valence-electron chi connectivity index (χ3n) is 8.60. The summed E-state index contributed by atoms with van der Waals surface area (Å²) in [5.41, 5.74) is 9.66. The summed E-state index contributed by atoms with van der Waals surface area (Å²) >= 11 is 7.61. The van der Waals surface area contributed by atoms with Gasteiger partial charge in [-0.1, -0.05) is 24.3 Å². The lowest BCUT2D eigenvalue weighted by molar-refractivity contribution is -0.128. The van der Waals surface area contributed by atoms with Gasteiger partial charge in [0.05, 0.1) is 55.6 Å². The van der Waals surface area contributed by atoms with Gasteiger partial charge in [0.25, 0.3) is 0 Å². The minimum atomic E-state index is -0.276. The Labute approximate surface area is 326 Å². The number of halogens is 2. The zero-order valence-electron chi connectivity index (χ0n) is 29.2. The smallest absolute Gasteiger partial charge is 0.177 e. The molecule has 0 spiro atoms. The molecule has 7 rings (SSSR count). The lowest BCUT2D eigenvalue weighted by Crippen LogP contribution is -2.14. The zero-order valence-corrected chi connectivity index (χ0v) is 32.3. The van der Waals surface area contributed by atoms with E-state index < -0.39 is 0 Å². The van der Waals surface area contributed by atoms with Crippen LogP contribution in [-0.2, 0) is 19.2 Å². The highest BCUT2D eigenvalue weighted by atomic mass is 79.9. The highest BCUT2D eigenvalue weighted by molar-refractivity contribution is 9.11. The first-order chi connectivity index (χ1) is 26.0.